The van der Waals surface area contributed by atoms with E-state index in [0.717, 1.165) is 4.97 Å². The van der Waals surface area contributed by atoms with Gasteiger partial charge in [0, 0.05) is 0 Å². The second-order valence-corrected chi connectivity index (χ2v) is 4.89. The van der Waals surface area contributed by atoms with Gasteiger partial charge >= 0.3 is 90.7 Å². The molecule has 76 valence electrons. The molecule has 1 rings (SSSR count). The van der Waals surface area contributed by atoms with Crippen molar-refractivity contribution in [1.82, 2.24) is 0 Å². The Labute approximate surface area is 90.9 Å². The normalized spacial score (nSPS) is 12.3. The van der Waals surface area contributed by atoms with Gasteiger partial charge in [-0.15, -0.1) is 0 Å². The molecule has 0 heterocycles. The molecule has 0 N–H and O–H groups in total. The van der Waals surface area contributed by atoms with Crippen LogP contribution in [-0.4, -0.2) is 20.0 Å². The summed E-state index contributed by atoms with van der Waals surface area (Å²) >= 11 is 4.20. The Bertz CT molecular complexity index is 333. The summed E-state index contributed by atoms with van der Waals surface area (Å²) in [7, 11) is 0. The molecule has 0 fully saturated rings. The van der Waals surface area contributed by atoms with Crippen molar-refractivity contribution < 1.29 is 13.2 Å². The fraction of sp³-hybridized carbons (Fsp3) is 0.111. The fourth-order valence-electron chi connectivity index (χ4n) is 0.800. The van der Waals surface area contributed by atoms with Gasteiger partial charge in [0.15, 0.2) is 0 Å². The van der Waals surface area contributed by atoms with Gasteiger partial charge < -0.3 is 0 Å². The van der Waals surface area contributed by atoms with Gasteiger partial charge in [0.25, 0.3) is 0 Å². The van der Waals surface area contributed by atoms with Crippen LogP contribution in [0.1, 0.15) is 5.56 Å². The van der Waals surface area contributed by atoms with Gasteiger partial charge in [-0.3, -0.25) is 0 Å². The Kier molecular flexibility index (Phi) is 4.05. The first-order valence-electron chi connectivity index (χ1n) is 3.64. The Morgan fingerprint density at radius 2 is 2.00 bits per heavy atom. The van der Waals surface area contributed by atoms with Crippen LogP contribution in [0.5, 0.6) is 0 Å². The van der Waals surface area contributed by atoms with E-state index in [9.17, 15) is 13.2 Å². The molecule has 0 saturated heterocycles. The topological polar surface area (TPSA) is 0 Å². The molecule has 0 unspecified atom stereocenters. The zero-order valence-corrected chi connectivity index (χ0v) is 9.35. The SMILES string of the molecule is FC(F)(F)[Se]/C=C/c1cccc(Cl)c1. The third-order valence-electron chi connectivity index (χ3n) is 1.31. The van der Waals surface area contributed by atoms with Gasteiger partial charge in [-0.25, -0.2) is 0 Å². The van der Waals surface area contributed by atoms with E-state index in [-0.39, 0.29) is 0 Å². The summed E-state index contributed by atoms with van der Waals surface area (Å²) in [6.07, 6.45) is 1.43. The first-order chi connectivity index (χ1) is 6.47. The molecule has 0 spiro atoms. The molecule has 0 aliphatic heterocycles. The Balaban J connectivity index is 2.61. The van der Waals surface area contributed by atoms with E-state index in [1.54, 1.807) is 24.3 Å². The van der Waals surface area contributed by atoms with Gasteiger partial charge in [0.05, 0.1) is 0 Å². The van der Waals surface area contributed by atoms with Crippen LogP contribution in [0.2, 0.25) is 5.02 Å². The van der Waals surface area contributed by atoms with E-state index in [2.05, 4.69) is 0 Å². The van der Waals surface area contributed by atoms with Crippen LogP contribution in [0.15, 0.2) is 29.2 Å². The number of rotatable bonds is 2. The summed E-state index contributed by atoms with van der Waals surface area (Å²) in [6, 6.07) is 6.69. The van der Waals surface area contributed by atoms with E-state index in [1.165, 1.54) is 6.08 Å². The first kappa shape index (κ1) is 11.6. The molecule has 0 radical (unpaired) electrons. The van der Waals surface area contributed by atoms with E-state index in [1.807, 2.05) is 0 Å². The van der Waals surface area contributed by atoms with Crippen LogP contribution in [0.25, 0.3) is 6.08 Å². The van der Waals surface area contributed by atoms with Crippen molar-refractivity contribution in [1.29, 1.82) is 0 Å². The Morgan fingerprint density at radius 3 is 2.57 bits per heavy atom. The number of hydrogen-bond donors (Lipinski definition) is 0. The van der Waals surface area contributed by atoms with Crippen LogP contribution in [-0.2, 0) is 0 Å². The zero-order chi connectivity index (χ0) is 10.6. The van der Waals surface area contributed by atoms with Gasteiger partial charge in [-0.05, 0) is 0 Å². The van der Waals surface area contributed by atoms with E-state index in [4.69, 9.17) is 11.6 Å². The molecule has 0 saturated carbocycles. The van der Waals surface area contributed by atoms with E-state index < -0.39 is 20.0 Å². The van der Waals surface area contributed by atoms with Crippen molar-refractivity contribution in [3.05, 3.63) is 39.8 Å². The standard InChI is InChI=1S/C9H6ClF3Se/c10-8-3-1-2-7(6-8)4-5-14-9(11,12)13/h1-6H/b5-4+. The molecule has 0 amide bonds. The van der Waals surface area contributed by atoms with Crippen molar-refractivity contribution in [2.75, 3.05) is 0 Å². The molecule has 0 aliphatic rings. The first-order valence-corrected chi connectivity index (χ1v) is 5.86. The van der Waals surface area contributed by atoms with Crippen molar-refractivity contribution in [3.8, 4) is 0 Å². The minimum absolute atomic E-state index is 0.520. The summed E-state index contributed by atoms with van der Waals surface area (Å²) < 4.78 is 35.4. The second-order valence-electron chi connectivity index (χ2n) is 2.42. The third-order valence-corrected chi connectivity index (χ3v) is 2.68. The average molecular weight is 286 g/mol. The average Bonchev–Trinajstić information content (AvgIpc) is 2.01. The predicted molar refractivity (Wildman–Crippen MR) is 52.3 cm³/mol. The molecule has 0 aliphatic carbocycles. The van der Waals surface area contributed by atoms with Crippen molar-refractivity contribution in [2.24, 2.45) is 0 Å². The number of alkyl halides is 3. The van der Waals surface area contributed by atoms with Crippen LogP contribution < -0.4 is 0 Å². The quantitative estimate of drug-likeness (QED) is 0.729. The van der Waals surface area contributed by atoms with Crippen LogP contribution in [0.3, 0.4) is 0 Å². The maximum absolute atomic E-state index is 11.8. The number of hydrogen-bond acceptors (Lipinski definition) is 0. The van der Waals surface area contributed by atoms with Crippen LogP contribution in [0.4, 0.5) is 13.2 Å². The molecular weight excluding hydrogens is 280 g/mol. The minimum atomic E-state index is -4.08. The summed E-state index contributed by atoms with van der Waals surface area (Å²) in [5.41, 5.74) is 0.684. The number of halogens is 4. The molecular formula is C9H6ClF3Se. The van der Waals surface area contributed by atoms with Crippen molar-refractivity contribution in [2.45, 2.75) is 5.07 Å². The van der Waals surface area contributed by atoms with Crippen LogP contribution in [0, 0.1) is 0 Å². The molecule has 1 aromatic rings. The van der Waals surface area contributed by atoms with Gasteiger partial charge in [0.2, 0.25) is 0 Å². The molecule has 14 heavy (non-hydrogen) atoms. The van der Waals surface area contributed by atoms with Crippen LogP contribution >= 0.6 is 11.6 Å². The maximum atomic E-state index is 11.8. The van der Waals surface area contributed by atoms with Crippen molar-refractivity contribution in [3.63, 3.8) is 0 Å². The molecule has 0 atom stereocenters. The van der Waals surface area contributed by atoms with E-state index in [0.29, 0.717) is 10.6 Å². The Morgan fingerprint density at radius 1 is 1.29 bits per heavy atom. The summed E-state index contributed by atoms with van der Waals surface area (Å²) in [6.45, 7) is 0. The van der Waals surface area contributed by atoms with Gasteiger partial charge in [-0.1, -0.05) is 0 Å². The van der Waals surface area contributed by atoms with Crippen molar-refractivity contribution >= 4 is 32.6 Å². The van der Waals surface area contributed by atoms with Gasteiger partial charge in [-0.2, -0.15) is 0 Å². The number of benzene rings is 1. The molecule has 0 bridgehead atoms. The zero-order valence-electron chi connectivity index (χ0n) is 6.88. The Hall–Kier alpha value is -0.441. The summed E-state index contributed by atoms with van der Waals surface area (Å²) in [5.74, 6) is 0. The second kappa shape index (κ2) is 4.87. The molecule has 0 aromatic heterocycles. The predicted octanol–water partition coefficient (Wildman–Crippen LogP) is 3.53. The molecule has 5 heteroatoms. The summed E-state index contributed by atoms with van der Waals surface area (Å²) in [5, 5.41) is -3.56. The monoisotopic (exact) mass is 286 g/mol. The third kappa shape index (κ3) is 4.70. The van der Waals surface area contributed by atoms with Gasteiger partial charge in [0.1, 0.15) is 0 Å². The molecule has 0 nitrogen and oxygen atoms in total. The molecule has 1 aromatic carbocycles. The fourth-order valence-corrected chi connectivity index (χ4v) is 1.79. The summed E-state index contributed by atoms with van der Waals surface area (Å²) in [4.78, 5) is 1.14. The van der Waals surface area contributed by atoms with E-state index >= 15 is 0 Å².